The van der Waals surface area contributed by atoms with Gasteiger partial charge in [0.2, 0.25) is 5.91 Å². The Morgan fingerprint density at radius 1 is 1.31 bits per heavy atom. The van der Waals surface area contributed by atoms with Crippen LogP contribution < -0.4 is 15.4 Å². The molecule has 1 aliphatic heterocycles. The lowest BCUT2D eigenvalue weighted by molar-refractivity contribution is -0.126. The van der Waals surface area contributed by atoms with Gasteiger partial charge < -0.3 is 19.9 Å². The van der Waals surface area contributed by atoms with Crippen LogP contribution in [0.25, 0.3) is 0 Å². The molecule has 0 unspecified atom stereocenters. The summed E-state index contributed by atoms with van der Waals surface area (Å²) in [4.78, 5) is 26.0. The van der Waals surface area contributed by atoms with E-state index in [1.165, 1.54) is 35.9 Å². The largest absolute Gasteiger partial charge is 0.497 e. The number of methoxy groups -OCH3 is 1. The van der Waals surface area contributed by atoms with E-state index < -0.39 is 5.25 Å². The van der Waals surface area contributed by atoms with E-state index in [4.69, 9.17) is 4.74 Å². The van der Waals surface area contributed by atoms with Gasteiger partial charge in [-0.1, -0.05) is 37.1 Å². The molecule has 2 fully saturated rings. The van der Waals surface area contributed by atoms with Gasteiger partial charge in [-0.15, -0.1) is 10.2 Å². The number of aromatic nitrogens is 3. The number of hydrogen-bond acceptors (Lipinski definition) is 7. The van der Waals surface area contributed by atoms with Crippen molar-refractivity contribution in [1.29, 1.82) is 0 Å². The van der Waals surface area contributed by atoms with Gasteiger partial charge in [0.15, 0.2) is 11.0 Å². The number of benzene rings is 1. The zero-order valence-electron chi connectivity index (χ0n) is 18.5. The monoisotopic (exact) mass is 458 g/mol. The van der Waals surface area contributed by atoms with Gasteiger partial charge in [-0.2, -0.15) is 0 Å². The molecule has 172 valence electrons. The maximum absolute atomic E-state index is 12.8. The third kappa shape index (κ3) is 5.01. The van der Waals surface area contributed by atoms with Crippen molar-refractivity contribution < 1.29 is 14.3 Å². The molecular formula is C22H30N6O3S. The highest BCUT2D eigenvalue weighted by Gasteiger charge is 2.32. The summed E-state index contributed by atoms with van der Waals surface area (Å²) in [7, 11) is 1.65. The Morgan fingerprint density at radius 3 is 2.84 bits per heavy atom. The SMILES string of the molecule is COc1cccc(NCc2nnc(S[C@@H](C)C(=O)N3CCNC3=O)n2C2CCCCC2)c1. The number of carbonyl (C=O) groups is 2. The third-order valence-electron chi connectivity index (χ3n) is 5.95. The molecule has 3 amide bonds. The van der Waals surface area contributed by atoms with Gasteiger partial charge in [-0.25, -0.2) is 4.79 Å². The molecule has 32 heavy (non-hydrogen) atoms. The van der Waals surface area contributed by atoms with E-state index in [-0.39, 0.29) is 11.9 Å². The van der Waals surface area contributed by atoms with Gasteiger partial charge >= 0.3 is 6.03 Å². The van der Waals surface area contributed by atoms with Crippen molar-refractivity contribution in [2.45, 2.75) is 62.0 Å². The molecule has 2 N–H and O–H groups in total. The lowest BCUT2D eigenvalue weighted by Crippen LogP contribution is -2.39. The normalized spacial score (nSPS) is 17.8. The molecule has 2 aliphatic rings. The number of urea groups is 1. The summed E-state index contributed by atoms with van der Waals surface area (Å²) in [6.07, 6.45) is 5.76. The lowest BCUT2D eigenvalue weighted by Gasteiger charge is -2.26. The first kappa shape index (κ1) is 22.4. The van der Waals surface area contributed by atoms with Crippen LogP contribution in [0.1, 0.15) is 50.9 Å². The first-order valence-corrected chi connectivity index (χ1v) is 12.0. The van der Waals surface area contributed by atoms with Crippen molar-refractivity contribution in [1.82, 2.24) is 25.0 Å². The van der Waals surface area contributed by atoms with Gasteiger partial charge in [0.1, 0.15) is 5.75 Å². The molecule has 4 rings (SSSR count). The zero-order valence-corrected chi connectivity index (χ0v) is 19.4. The van der Waals surface area contributed by atoms with Crippen molar-refractivity contribution in [3.05, 3.63) is 30.1 Å². The molecule has 1 saturated carbocycles. The van der Waals surface area contributed by atoms with Crippen LogP contribution in [0.15, 0.2) is 29.4 Å². The molecular weight excluding hydrogens is 428 g/mol. The number of thioether (sulfide) groups is 1. The van der Waals surface area contributed by atoms with Crippen LogP contribution in [0.3, 0.4) is 0 Å². The van der Waals surface area contributed by atoms with Crippen molar-refractivity contribution in [2.24, 2.45) is 0 Å². The smallest absolute Gasteiger partial charge is 0.324 e. The number of rotatable bonds is 8. The number of carbonyl (C=O) groups excluding carboxylic acids is 2. The van der Waals surface area contributed by atoms with E-state index in [1.54, 1.807) is 7.11 Å². The highest BCUT2D eigenvalue weighted by Crippen LogP contribution is 2.34. The summed E-state index contributed by atoms with van der Waals surface area (Å²) in [6, 6.07) is 7.78. The predicted molar refractivity (Wildman–Crippen MR) is 123 cm³/mol. The fourth-order valence-electron chi connectivity index (χ4n) is 4.24. The third-order valence-corrected chi connectivity index (χ3v) is 6.99. The number of imide groups is 1. The molecule has 0 bridgehead atoms. The maximum atomic E-state index is 12.8. The topological polar surface area (TPSA) is 101 Å². The molecule has 1 aromatic carbocycles. The predicted octanol–water partition coefficient (Wildman–Crippen LogP) is 3.44. The Kier molecular flexibility index (Phi) is 7.19. The van der Waals surface area contributed by atoms with Crippen molar-refractivity contribution in [3.63, 3.8) is 0 Å². The molecule has 1 aromatic heterocycles. The van der Waals surface area contributed by atoms with Crippen LogP contribution in [0.2, 0.25) is 0 Å². The van der Waals surface area contributed by atoms with E-state index in [2.05, 4.69) is 25.4 Å². The molecule has 10 heteroatoms. The fraction of sp³-hybridized carbons (Fsp3) is 0.545. The Morgan fingerprint density at radius 2 is 2.12 bits per heavy atom. The summed E-state index contributed by atoms with van der Waals surface area (Å²) >= 11 is 1.38. The Hall–Kier alpha value is -2.75. The molecule has 0 spiro atoms. The van der Waals surface area contributed by atoms with E-state index in [1.807, 2.05) is 31.2 Å². The Labute approximate surface area is 192 Å². The van der Waals surface area contributed by atoms with E-state index in [0.717, 1.165) is 35.3 Å². The van der Waals surface area contributed by atoms with Crippen LogP contribution in [-0.2, 0) is 11.3 Å². The molecule has 1 atom stereocenters. The van der Waals surface area contributed by atoms with Gasteiger partial charge in [-0.3, -0.25) is 9.69 Å². The quantitative estimate of drug-likeness (QED) is 0.584. The first-order chi connectivity index (χ1) is 15.6. The standard InChI is InChI=1S/C22H30N6O3S/c1-15(20(29)27-12-11-23-21(27)30)32-22-26-25-19(28(22)17-8-4-3-5-9-17)14-24-16-7-6-10-18(13-16)31-2/h6-7,10,13,15,17,24H,3-5,8-9,11-12,14H2,1-2H3,(H,23,30)/t15-/m0/s1. The van der Waals surface area contributed by atoms with Gasteiger partial charge in [0.25, 0.3) is 0 Å². The van der Waals surface area contributed by atoms with Crippen molar-refractivity contribution in [2.75, 3.05) is 25.5 Å². The second kappa shape index (κ2) is 10.2. The lowest BCUT2D eigenvalue weighted by atomic mass is 9.95. The van der Waals surface area contributed by atoms with Gasteiger partial charge in [0, 0.05) is 30.9 Å². The minimum atomic E-state index is -0.426. The molecule has 2 heterocycles. The number of nitrogens with one attached hydrogen (secondary N) is 2. The number of nitrogens with zero attached hydrogens (tertiary/aromatic N) is 4. The second-order valence-corrected chi connectivity index (χ2v) is 9.44. The fourth-order valence-corrected chi connectivity index (χ4v) is 5.24. The summed E-state index contributed by atoms with van der Waals surface area (Å²) in [5.74, 6) is 1.44. The minimum Gasteiger partial charge on any atom is -0.497 e. The molecule has 9 nitrogen and oxygen atoms in total. The highest BCUT2D eigenvalue weighted by molar-refractivity contribution is 8.00. The first-order valence-electron chi connectivity index (χ1n) is 11.1. The number of hydrogen-bond donors (Lipinski definition) is 2. The highest BCUT2D eigenvalue weighted by atomic mass is 32.2. The van der Waals surface area contributed by atoms with Crippen LogP contribution in [0, 0.1) is 0 Å². The molecule has 0 radical (unpaired) electrons. The van der Waals surface area contributed by atoms with Crippen molar-refractivity contribution in [3.8, 4) is 5.75 Å². The average Bonchev–Trinajstić information content (AvgIpc) is 3.43. The van der Waals surface area contributed by atoms with Crippen LogP contribution in [-0.4, -0.2) is 57.1 Å². The summed E-state index contributed by atoms with van der Waals surface area (Å²) < 4.78 is 7.50. The number of anilines is 1. The van der Waals surface area contributed by atoms with E-state index >= 15 is 0 Å². The van der Waals surface area contributed by atoms with Crippen molar-refractivity contribution >= 4 is 29.4 Å². The average molecular weight is 459 g/mol. The molecule has 1 saturated heterocycles. The summed E-state index contributed by atoms with van der Waals surface area (Å²) in [5.41, 5.74) is 0.945. The minimum absolute atomic E-state index is 0.195. The van der Waals surface area contributed by atoms with Gasteiger partial charge in [0.05, 0.1) is 18.9 Å². The number of amides is 3. The Bertz CT molecular complexity index is 959. The van der Waals surface area contributed by atoms with Crippen LogP contribution in [0.5, 0.6) is 5.75 Å². The van der Waals surface area contributed by atoms with Crippen LogP contribution in [0.4, 0.5) is 10.5 Å². The molecule has 2 aromatic rings. The van der Waals surface area contributed by atoms with Crippen LogP contribution >= 0.6 is 11.8 Å². The van der Waals surface area contributed by atoms with E-state index in [0.29, 0.717) is 25.7 Å². The summed E-state index contributed by atoms with van der Waals surface area (Å²) in [6.45, 7) is 3.26. The second-order valence-electron chi connectivity index (χ2n) is 8.13. The summed E-state index contributed by atoms with van der Waals surface area (Å²) in [5, 5.41) is 15.3. The number of ether oxygens (including phenoxy) is 1. The Balaban J connectivity index is 1.52. The maximum Gasteiger partial charge on any atom is 0.324 e. The van der Waals surface area contributed by atoms with Gasteiger partial charge in [-0.05, 0) is 31.9 Å². The molecule has 1 aliphatic carbocycles. The zero-order chi connectivity index (χ0) is 22.5. The van der Waals surface area contributed by atoms with E-state index in [9.17, 15) is 9.59 Å².